The molecule has 0 radical (unpaired) electrons. The molecule has 18 heavy (non-hydrogen) atoms. The molecule has 0 saturated heterocycles. The minimum atomic E-state index is -0.160. The van der Waals surface area contributed by atoms with Crippen LogP contribution in [-0.4, -0.2) is 15.7 Å². The smallest absolute Gasteiger partial charge is 0.275 e. The SMILES string of the molecule is CCn1ncc(Br)c1C(=O)Nc1cccc(C)c1. The molecule has 0 aliphatic rings. The third kappa shape index (κ3) is 2.61. The largest absolute Gasteiger partial charge is 0.321 e. The predicted octanol–water partition coefficient (Wildman–Crippen LogP) is 3.23. The summed E-state index contributed by atoms with van der Waals surface area (Å²) in [7, 11) is 0. The number of amides is 1. The number of rotatable bonds is 3. The monoisotopic (exact) mass is 307 g/mol. The predicted molar refractivity (Wildman–Crippen MR) is 74.7 cm³/mol. The molecule has 0 aliphatic heterocycles. The lowest BCUT2D eigenvalue weighted by Gasteiger charge is -2.08. The Morgan fingerprint density at radius 2 is 2.28 bits per heavy atom. The van der Waals surface area contributed by atoms with Gasteiger partial charge in [0.2, 0.25) is 0 Å². The van der Waals surface area contributed by atoms with Gasteiger partial charge in [0, 0.05) is 12.2 Å². The van der Waals surface area contributed by atoms with Gasteiger partial charge in [0.1, 0.15) is 5.69 Å². The Labute approximate surface area is 114 Å². The maximum absolute atomic E-state index is 12.2. The highest BCUT2D eigenvalue weighted by atomic mass is 79.9. The quantitative estimate of drug-likeness (QED) is 0.946. The topological polar surface area (TPSA) is 46.9 Å². The van der Waals surface area contributed by atoms with Crippen molar-refractivity contribution in [2.75, 3.05) is 5.32 Å². The zero-order valence-corrected chi connectivity index (χ0v) is 11.9. The molecule has 0 bridgehead atoms. The van der Waals surface area contributed by atoms with E-state index in [0.29, 0.717) is 16.7 Å². The summed E-state index contributed by atoms with van der Waals surface area (Å²) in [4.78, 5) is 12.2. The van der Waals surface area contributed by atoms with E-state index in [0.717, 1.165) is 11.3 Å². The first-order valence-corrected chi connectivity index (χ1v) is 6.50. The maximum Gasteiger partial charge on any atom is 0.275 e. The van der Waals surface area contributed by atoms with Crippen molar-refractivity contribution in [3.05, 3.63) is 46.2 Å². The molecule has 0 saturated carbocycles. The zero-order chi connectivity index (χ0) is 13.1. The number of carbonyl (C=O) groups is 1. The summed E-state index contributed by atoms with van der Waals surface area (Å²) < 4.78 is 2.37. The standard InChI is InChI=1S/C13H14BrN3O/c1-3-17-12(11(14)8-15-17)13(18)16-10-6-4-5-9(2)7-10/h4-8H,3H2,1-2H3,(H,16,18). The number of nitrogens with one attached hydrogen (secondary N) is 1. The summed E-state index contributed by atoms with van der Waals surface area (Å²) in [6.07, 6.45) is 1.63. The number of halogens is 1. The molecule has 2 rings (SSSR count). The number of aryl methyl sites for hydroxylation is 2. The van der Waals surface area contributed by atoms with Crippen molar-refractivity contribution in [1.82, 2.24) is 9.78 Å². The van der Waals surface area contributed by atoms with Crippen LogP contribution in [0, 0.1) is 6.92 Å². The van der Waals surface area contributed by atoms with E-state index in [4.69, 9.17) is 0 Å². The van der Waals surface area contributed by atoms with E-state index in [-0.39, 0.29) is 5.91 Å². The Morgan fingerprint density at radius 1 is 1.50 bits per heavy atom. The molecule has 2 aromatic rings. The van der Waals surface area contributed by atoms with Gasteiger partial charge in [0.15, 0.2) is 0 Å². The van der Waals surface area contributed by atoms with Gasteiger partial charge < -0.3 is 5.32 Å². The first kappa shape index (κ1) is 12.8. The molecule has 0 unspecified atom stereocenters. The Morgan fingerprint density at radius 3 is 2.94 bits per heavy atom. The lowest BCUT2D eigenvalue weighted by Crippen LogP contribution is -2.17. The van der Waals surface area contributed by atoms with Gasteiger partial charge in [0.25, 0.3) is 5.91 Å². The number of benzene rings is 1. The fraction of sp³-hybridized carbons (Fsp3) is 0.231. The Balaban J connectivity index is 2.24. The van der Waals surface area contributed by atoms with E-state index < -0.39 is 0 Å². The third-order valence-electron chi connectivity index (χ3n) is 2.59. The van der Waals surface area contributed by atoms with Gasteiger partial charge in [-0.1, -0.05) is 12.1 Å². The van der Waals surface area contributed by atoms with Crippen LogP contribution in [0.3, 0.4) is 0 Å². The van der Waals surface area contributed by atoms with Crippen molar-refractivity contribution in [1.29, 1.82) is 0 Å². The van der Waals surface area contributed by atoms with Crippen LogP contribution in [0.2, 0.25) is 0 Å². The summed E-state index contributed by atoms with van der Waals surface area (Å²) >= 11 is 3.34. The van der Waals surface area contributed by atoms with Gasteiger partial charge in [-0.15, -0.1) is 0 Å². The van der Waals surface area contributed by atoms with Crippen molar-refractivity contribution < 1.29 is 4.79 Å². The summed E-state index contributed by atoms with van der Waals surface area (Å²) in [5.41, 5.74) is 2.44. The lowest BCUT2D eigenvalue weighted by molar-refractivity contribution is 0.101. The highest BCUT2D eigenvalue weighted by molar-refractivity contribution is 9.10. The molecule has 1 aromatic heterocycles. The number of anilines is 1. The van der Waals surface area contributed by atoms with Crippen molar-refractivity contribution in [2.45, 2.75) is 20.4 Å². The van der Waals surface area contributed by atoms with Crippen LogP contribution in [-0.2, 0) is 6.54 Å². The third-order valence-corrected chi connectivity index (χ3v) is 3.17. The van der Waals surface area contributed by atoms with E-state index in [9.17, 15) is 4.79 Å². The van der Waals surface area contributed by atoms with Crippen LogP contribution in [0.1, 0.15) is 23.0 Å². The van der Waals surface area contributed by atoms with Crippen molar-refractivity contribution in [3.8, 4) is 0 Å². The molecule has 1 amide bonds. The second-order valence-electron chi connectivity index (χ2n) is 3.98. The molecule has 4 nitrogen and oxygen atoms in total. The molecule has 1 aromatic carbocycles. The second kappa shape index (κ2) is 5.35. The van der Waals surface area contributed by atoms with Crippen LogP contribution in [0.25, 0.3) is 0 Å². The minimum absolute atomic E-state index is 0.160. The van der Waals surface area contributed by atoms with Gasteiger partial charge in [-0.3, -0.25) is 9.48 Å². The molecule has 94 valence electrons. The van der Waals surface area contributed by atoms with E-state index in [1.54, 1.807) is 10.9 Å². The van der Waals surface area contributed by atoms with E-state index >= 15 is 0 Å². The number of nitrogens with zero attached hydrogens (tertiary/aromatic N) is 2. The second-order valence-corrected chi connectivity index (χ2v) is 4.83. The van der Waals surface area contributed by atoms with Gasteiger partial charge in [0.05, 0.1) is 10.7 Å². The van der Waals surface area contributed by atoms with Crippen molar-refractivity contribution in [3.63, 3.8) is 0 Å². The lowest BCUT2D eigenvalue weighted by atomic mass is 10.2. The molecule has 5 heteroatoms. The molecular weight excluding hydrogens is 294 g/mol. The number of hydrogen-bond donors (Lipinski definition) is 1. The Kier molecular flexibility index (Phi) is 3.81. The highest BCUT2D eigenvalue weighted by Crippen LogP contribution is 2.18. The fourth-order valence-electron chi connectivity index (χ4n) is 1.74. The summed E-state index contributed by atoms with van der Waals surface area (Å²) in [6, 6.07) is 7.70. The zero-order valence-electron chi connectivity index (χ0n) is 10.3. The van der Waals surface area contributed by atoms with E-state index in [2.05, 4.69) is 26.3 Å². The molecule has 1 heterocycles. The van der Waals surface area contributed by atoms with Crippen LogP contribution in [0.15, 0.2) is 34.9 Å². The summed E-state index contributed by atoms with van der Waals surface area (Å²) in [5.74, 6) is -0.160. The summed E-state index contributed by atoms with van der Waals surface area (Å²) in [6.45, 7) is 4.59. The van der Waals surface area contributed by atoms with Crippen LogP contribution >= 0.6 is 15.9 Å². The molecule has 0 fully saturated rings. The maximum atomic E-state index is 12.2. The molecule has 0 atom stereocenters. The number of carbonyl (C=O) groups excluding carboxylic acids is 1. The first-order chi connectivity index (χ1) is 8.61. The molecule has 0 aliphatic carbocycles. The van der Waals surface area contributed by atoms with Crippen molar-refractivity contribution in [2.24, 2.45) is 0 Å². The average Bonchev–Trinajstić information content (AvgIpc) is 2.70. The minimum Gasteiger partial charge on any atom is -0.321 e. The number of aromatic nitrogens is 2. The van der Waals surface area contributed by atoms with Crippen LogP contribution in [0.5, 0.6) is 0 Å². The average molecular weight is 308 g/mol. The van der Waals surface area contributed by atoms with Crippen LogP contribution < -0.4 is 5.32 Å². The van der Waals surface area contributed by atoms with E-state index in [1.807, 2.05) is 38.1 Å². The highest BCUT2D eigenvalue weighted by Gasteiger charge is 2.16. The summed E-state index contributed by atoms with van der Waals surface area (Å²) in [5, 5.41) is 6.99. The molecule has 0 spiro atoms. The normalized spacial score (nSPS) is 10.4. The van der Waals surface area contributed by atoms with E-state index in [1.165, 1.54) is 0 Å². The Bertz CT molecular complexity index is 577. The molecular formula is C13H14BrN3O. The van der Waals surface area contributed by atoms with Gasteiger partial charge in [-0.2, -0.15) is 5.10 Å². The molecule has 1 N–H and O–H groups in total. The Hall–Kier alpha value is -1.62. The van der Waals surface area contributed by atoms with Crippen molar-refractivity contribution >= 4 is 27.5 Å². The van der Waals surface area contributed by atoms with Gasteiger partial charge in [-0.05, 0) is 47.5 Å². The fourth-order valence-corrected chi connectivity index (χ4v) is 2.22. The van der Waals surface area contributed by atoms with Crippen LogP contribution in [0.4, 0.5) is 5.69 Å². The number of hydrogen-bond acceptors (Lipinski definition) is 2. The van der Waals surface area contributed by atoms with Gasteiger partial charge >= 0.3 is 0 Å². The first-order valence-electron chi connectivity index (χ1n) is 5.71. The van der Waals surface area contributed by atoms with Gasteiger partial charge in [-0.25, -0.2) is 0 Å².